The van der Waals surface area contributed by atoms with Crippen LogP contribution in [0.2, 0.25) is 10.0 Å². The zero-order valence-electron chi connectivity index (χ0n) is 11.9. The second kappa shape index (κ2) is 6.95. The van der Waals surface area contributed by atoms with Gasteiger partial charge in [-0.15, -0.1) is 5.10 Å². The molecule has 6 nitrogen and oxygen atoms in total. The number of benzene rings is 1. The van der Waals surface area contributed by atoms with E-state index in [9.17, 15) is 5.11 Å². The number of aliphatic hydroxyl groups is 1. The van der Waals surface area contributed by atoms with Crippen LogP contribution in [-0.4, -0.2) is 31.5 Å². The Hall–Kier alpha value is -2.15. The molecule has 0 atom stereocenters. The molecule has 2 N–H and O–H groups in total. The molecule has 2 heterocycles. The molecule has 2 aromatic heterocycles. The summed E-state index contributed by atoms with van der Waals surface area (Å²) in [6.07, 6.45) is 3.35. The van der Waals surface area contributed by atoms with E-state index >= 15 is 0 Å². The Morgan fingerprint density at radius 1 is 1.13 bits per heavy atom. The molecular formula is C15H13Cl2N5O. The van der Waals surface area contributed by atoms with Crippen LogP contribution in [-0.2, 0) is 6.54 Å². The fourth-order valence-electron chi connectivity index (χ4n) is 2.07. The Morgan fingerprint density at radius 2 is 1.91 bits per heavy atom. The predicted molar refractivity (Wildman–Crippen MR) is 90.1 cm³/mol. The summed E-state index contributed by atoms with van der Waals surface area (Å²) >= 11 is 12.1. The van der Waals surface area contributed by atoms with Crippen LogP contribution >= 0.6 is 23.2 Å². The molecular weight excluding hydrogens is 337 g/mol. The highest BCUT2D eigenvalue weighted by molar-refractivity contribution is 6.35. The van der Waals surface area contributed by atoms with Gasteiger partial charge in [-0.3, -0.25) is 4.98 Å². The molecule has 0 saturated carbocycles. The summed E-state index contributed by atoms with van der Waals surface area (Å²) in [7, 11) is 0. The molecule has 23 heavy (non-hydrogen) atoms. The highest BCUT2D eigenvalue weighted by Gasteiger charge is 2.13. The van der Waals surface area contributed by atoms with Crippen LogP contribution in [0, 0.1) is 0 Å². The molecule has 0 fully saturated rings. The number of aliphatic hydroxyl groups excluding tert-OH is 1. The minimum absolute atomic E-state index is 0.0429. The summed E-state index contributed by atoms with van der Waals surface area (Å²) in [6, 6.07) is 8.75. The first-order chi connectivity index (χ1) is 11.2. The van der Waals surface area contributed by atoms with E-state index in [1.807, 2.05) is 12.1 Å². The van der Waals surface area contributed by atoms with Gasteiger partial charge in [0.1, 0.15) is 0 Å². The SMILES string of the molecule is OCCn1nc(Nc2cc(Cl)ccc2Cl)nc1-c1ccncc1. The van der Waals surface area contributed by atoms with E-state index in [4.69, 9.17) is 23.2 Å². The molecule has 1 aromatic carbocycles. The molecule has 0 aliphatic heterocycles. The van der Waals surface area contributed by atoms with Crippen molar-refractivity contribution < 1.29 is 5.11 Å². The van der Waals surface area contributed by atoms with E-state index in [-0.39, 0.29) is 6.61 Å². The van der Waals surface area contributed by atoms with E-state index in [2.05, 4.69) is 20.4 Å². The average Bonchev–Trinajstić information content (AvgIpc) is 2.95. The van der Waals surface area contributed by atoms with Crippen LogP contribution in [0.4, 0.5) is 11.6 Å². The van der Waals surface area contributed by atoms with Gasteiger partial charge < -0.3 is 10.4 Å². The fraction of sp³-hybridized carbons (Fsp3) is 0.133. The minimum atomic E-state index is -0.0429. The molecule has 3 rings (SSSR count). The summed E-state index contributed by atoms with van der Waals surface area (Å²) < 4.78 is 1.62. The first-order valence-electron chi connectivity index (χ1n) is 6.85. The number of nitrogens with one attached hydrogen (secondary N) is 1. The lowest BCUT2D eigenvalue weighted by molar-refractivity contribution is 0.270. The van der Waals surface area contributed by atoms with E-state index in [1.54, 1.807) is 35.3 Å². The maximum atomic E-state index is 9.21. The first kappa shape index (κ1) is 15.7. The van der Waals surface area contributed by atoms with Crippen molar-refractivity contribution in [2.24, 2.45) is 0 Å². The van der Waals surface area contributed by atoms with E-state index in [0.29, 0.717) is 34.1 Å². The Balaban J connectivity index is 1.96. The number of rotatable bonds is 5. The molecule has 0 unspecified atom stereocenters. The number of hydrogen-bond donors (Lipinski definition) is 2. The summed E-state index contributed by atoms with van der Waals surface area (Å²) in [5, 5.41) is 17.7. The van der Waals surface area contributed by atoms with Gasteiger partial charge in [-0.05, 0) is 30.3 Å². The minimum Gasteiger partial charge on any atom is -0.394 e. The number of halogens is 2. The van der Waals surface area contributed by atoms with Gasteiger partial charge in [-0.25, -0.2) is 4.68 Å². The van der Waals surface area contributed by atoms with Crippen molar-refractivity contribution in [3.8, 4) is 11.4 Å². The van der Waals surface area contributed by atoms with Crippen molar-refractivity contribution in [1.82, 2.24) is 19.7 Å². The van der Waals surface area contributed by atoms with Crippen molar-refractivity contribution in [3.63, 3.8) is 0 Å². The van der Waals surface area contributed by atoms with Crippen molar-refractivity contribution in [1.29, 1.82) is 0 Å². The number of pyridine rings is 1. The molecule has 118 valence electrons. The van der Waals surface area contributed by atoms with E-state index in [1.165, 1.54) is 0 Å². The maximum Gasteiger partial charge on any atom is 0.247 e. The summed E-state index contributed by atoms with van der Waals surface area (Å²) in [5.74, 6) is 0.997. The zero-order chi connectivity index (χ0) is 16.2. The quantitative estimate of drug-likeness (QED) is 0.738. The van der Waals surface area contributed by atoms with Gasteiger partial charge >= 0.3 is 0 Å². The van der Waals surface area contributed by atoms with Gasteiger partial charge in [0.05, 0.1) is 23.9 Å². The molecule has 3 aromatic rings. The average molecular weight is 350 g/mol. The smallest absolute Gasteiger partial charge is 0.247 e. The van der Waals surface area contributed by atoms with Crippen LogP contribution in [0.1, 0.15) is 0 Å². The largest absolute Gasteiger partial charge is 0.394 e. The van der Waals surface area contributed by atoms with Crippen LogP contribution in [0.15, 0.2) is 42.7 Å². The standard InChI is InChI=1S/C15H13Cl2N5O/c16-11-1-2-12(17)13(9-11)19-15-20-14(22(21-15)7-8-23)10-3-5-18-6-4-10/h1-6,9,23H,7-8H2,(H,19,21). The second-order valence-corrected chi connectivity index (χ2v) is 5.53. The van der Waals surface area contributed by atoms with Crippen molar-refractivity contribution in [2.45, 2.75) is 6.54 Å². The number of hydrogen-bond acceptors (Lipinski definition) is 5. The lowest BCUT2D eigenvalue weighted by atomic mass is 10.2. The lowest BCUT2D eigenvalue weighted by Crippen LogP contribution is -2.06. The Morgan fingerprint density at radius 3 is 2.65 bits per heavy atom. The molecule has 0 bridgehead atoms. The van der Waals surface area contributed by atoms with Crippen molar-refractivity contribution >= 4 is 34.8 Å². The molecule has 0 radical (unpaired) electrons. The summed E-state index contributed by atoms with van der Waals surface area (Å²) in [4.78, 5) is 8.45. The van der Waals surface area contributed by atoms with Gasteiger partial charge in [-0.1, -0.05) is 23.2 Å². The summed E-state index contributed by atoms with van der Waals surface area (Å²) in [5.41, 5.74) is 1.47. The van der Waals surface area contributed by atoms with E-state index < -0.39 is 0 Å². The van der Waals surface area contributed by atoms with Crippen LogP contribution in [0.5, 0.6) is 0 Å². The normalized spacial score (nSPS) is 10.7. The molecule has 8 heteroatoms. The van der Waals surface area contributed by atoms with Crippen LogP contribution in [0.3, 0.4) is 0 Å². The van der Waals surface area contributed by atoms with Crippen molar-refractivity contribution in [2.75, 3.05) is 11.9 Å². The third-order valence-corrected chi connectivity index (χ3v) is 3.66. The maximum absolute atomic E-state index is 9.21. The number of nitrogens with zero attached hydrogens (tertiary/aromatic N) is 4. The van der Waals surface area contributed by atoms with E-state index in [0.717, 1.165) is 5.56 Å². The topological polar surface area (TPSA) is 75.9 Å². The zero-order valence-corrected chi connectivity index (χ0v) is 13.5. The molecule has 0 aliphatic rings. The van der Waals surface area contributed by atoms with Gasteiger partial charge in [0, 0.05) is 23.0 Å². The first-order valence-corrected chi connectivity index (χ1v) is 7.61. The monoisotopic (exact) mass is 349 g/mol. The Labute approximate surface area is 142 Å². The predicted octanol–water partition coefficient (Wildman–Crippen LogP) is 3.38. The molecule has 0 saturated heterocycles. The lowest BCUT2D eigenvalue weighted by Gasteiger charge is -2.04. The summed E-state index contributed by atoms with van der Waals surface area (Å²) in [6.45, 7) is 0.286. The van der Waals surface area contributed by atoms with Gasteiger partial charge in [0.25, 0.3) is 0 Å². The number of anilines is 2. The fourth-order valence-corrected chi connectivity index (χ4v) is 2.41. The molecule has 0 amide bonds. The van der Waals surface area contributed by atoms with Gasteiger partial charge in [0.2, 0.25) is 5.95 Å². The van der Waals surface area contributed by atoms with Gasteiger partial charge in [-0.2, -0.15) is 4.98 Å². The Bertz CT molecular complexity index is 807. The highest BCUT2D eigenvalue weighted by atomic mass is 35.5. The second-order valence-electron chi connectivity index (χ2n) is 4.69. The third kappa shape index (κ3) is 3.61. The van der Waals surface area contributed by atoms with Crippen LogP contribution < -0.4 is 5.32 Å². The number of aromatic nitrogens is 4. The van der Waals surface area contributed by atoms with Crippen LogP contribution in [0.25, 0.3) is 11.4 Å². The third-order valence-electron chi connectivity index (χ3n) is 3.10. The molecule has 0 spiro atoms. The van der Waals surface area contributed by atoms with Gasteiger partial charge in [0.15, 0.2) is 5.82 Å². The molecule has 0 aliphatic carbocycles. The highest BCUT2D eigenvalue weighted by Crippen LogP contribution is 2.28. The van der Waals surface area contributed by atoms with Crippen molar-refractivity contribution in [3.05, 3.63) is 52.8 Å². The Kier molecular flexibility index (Phi) is 4.76.